The monoisotopic (exact) mass is 228 g/mol. The summed E-state index contributed by atoms with van der Waals surface area (Å²) < 4.78 is 5.54. The Bertz CT molecular complexity index is 287. The molecule has 0 bridgehead atoms. The zero-order valence-electron chi connectivity index (χ0n) is 9.33. The Kier molecular flexibility index (Phi) is 5.02. The molecule has 1 unspecified atom stereocenters. The molecule has 0 saturated carbocycles. The predicted octanol–water partition coefficient (Wildman–Crippen LogP) is 2.42. The van der Waals surface area contributed by atoms with Gasteiger partial charge in [-0.3, -0.25) is 4.98 Å². The summed E-state index contributed by atoms with van der Waals surface area (Å²) in [7, 11) is 1.89. The number of likely N-dealkylation sites (N-methyl/N-ethyl adjacent to an activating group) is 1. The van der Waals surface area contributed by atoms with Crippen LogP contribution in [0.1, 0.15) is 25.6 Å². The van der Waals surface area contributed by atoms with Crippen LogP contribution in [0.4, 0.5) is 0 Å². The maximum absolute atomic E-state index is 5.77. The minimum atomic E-state index is 0.115. The van der Waals surface area contributed by atoms with E-state index in [4.69, 9.17) is 16.3 Å². The maximum atomic E-state index is 5.77. The molecule has 0 aromatic carbocycles. The van der Waals surface area contributed by atoms with Crippen molar-refractivity contribution in [3.63, 3.8) is 0 Å². The number of hydrogen-bond donors (Lipinski definition) is 1. The van der Waals surface area contributed by atoms with Crippen LogP contribution in [-0.4, -0.2) is 24.7 Å². The van der Waals surface area contributed by atoms with Gasteiger partial charge in [-0.1, -0.05) is 11.6 Å². The Morgan fingerprint density at radius 2 is 2.20 bits per heavy atom. The summed E-state index contributed by atoms with van der Waals surface area (Å²) in [5.41, 5.74) is 0.947. The first-order valence-corrected chi connectivity index (χ1v) is 5.41. The summed E-state index contributed by atoms with van der Waals surface area (Å²) in [4.78, 5) is 4.25. The van der Waals surface area contributed by atoms with Gasteiger partial charge >= 0.3 is 0 Å². The van der Waals surface area contributed by atoms with Gasteiger partial charge in [0, 0.05) is 6.20 Å². The highest BCUT2D eigenvalue weighted by Crippen LogP contribution is 2.13. The lowest BCUT2D eigenvalue weighted by Crippen LogP contribution is -2.24. The summed E-state index contributed by atoms with van der Waals surface area (Å²) in [6.45, 7) is 4.65. The molecule has 1 rings (SSSR count). The van der Waals surface area contributed by atoms with E-state index < -0.39 is 0 Å². The average molecular weight is 229 g/mol. The van der Waals surface area contributed by atoms with Crippen molar-refractivity contribution in [3.8, 4) is 0 Å². The Labute approximate surface area is 95.8 Å². The van der Waals surface area contributed by atoms with E-state index in [2.05, 4.69) is 10.3 Å². The molecule has 1 aromatic rings. The summed E-state index contributed by atoms with van der Waals surface area (Å²) in [6, 6.07) is 3.86. The zero-order valence-corrected chi connectivity index (χ0v) is 10.1. The fourth-order valence-electron chi connectivity index (χ4n) is 1.20. The largest absolute Gasteiger partial charge is 0.377 e. The van der Waals surface area contributed by atoms with E-state index in [1.165, 1.54) is 0 Å². The van der Waals surface area contributed by atoms with Crippen LogP contribution in [0.15, 0.2) is 18.3 Å². The number of pyridine rings is 1. The van der Waals surface area contributed by atoms with Gasteiger partial charge in [-0.25, -0.2) is 0 Å². The summed E-state index contributed by atoms with van der Waals surface area (Å²) >= 11 is 5.77. The molecular formula is C11H17ClN2O. The van der Waals surface area contributed by atoms with Crippen molar-refractivity contribution in [3.05, 3.63) is 29.0 Å². The molecule has 4 heteroatoms. The molecule has 0 spiro atoms. The van der Waals surface area contributed by atoms with E-state index in [0.29, 0.717) is 11.6 Å². The van der Waals surface area contributed by atoms with Gasteiger partial charge in [0.15, 0.2) is 0 Å². The highest BCUT2D eigenvalue weighted by atomic mass is 35.5. The first-order chi connectivity index (χ1) is 7.13. The van der Waals surface area contributed by atoms with E-state index in [9.17, 15) is 0 Å². The summed E-state index contributed by atoms with van der Waals surface area (Å²) in [5.74, 6) is 0. The molecule has 1 atom stereocenters. The summed E-state index contributed by atoms with van der Waals surface area (Å²) in [6.07, 6.45) is 1.88. The van der Waals surface area contributed by atoms with Gasteiger partial charge in [0.25, 0.3) is 0 Å². The molecule has 0 saturated heterocycles. The highest BCUT2D eigenvalue weighted by molar-refractivity contribution is 6.30. The van der Waals surface area contributed by atoms with Gasteiger partial charge in [-0.05, 0) is 33.0 Å². The topological polar surface area (TPSA) is 34.1 Å². The number of nitrogens with one attached hydrogen (secondary N) is 1. The molecule has 0 aliphatic rings. The molecule has 84 valence electrons. The van der Waals surface area contributed by atoms with E-state index in [-0.39, 0.29) is 12.1 Å². The van der Waals surface area contributed by atoms with Crippen molar-refractivity contribution in [1.29, 1.82) is 0 Å². The van der Waals surface area contributed by atoms with E-state index >= 15 is 0 Å². The van der Waals surface area contributed by atoms with Crippen LogP contribution in [0, 0.1) is 0 Å². The number of halogens is 1. The molecule has 0 amide bonds. The zero-order chi connectivity index (χ0) is 11.3. The van der Waals surface area contributed by atoms with Crippen molar-refractivity contribution in [1.82, 2.24) is 10.3 Å². The molecule has 0 aliphatic heterocycles. The lowest BCUT2D eigenvalue weighted by Gasteiger charge is -2.17. The fourth-order valence-corrected chi connectivity index (χ4v) is 1.31. The number of rotatable bonds is 5. The lowest BCUT2D eigenvalue weighted by atomic mass is 10.2. The second-order valence-corrected chi connectivity index (χ2v) is 4.06. The number of hydrogen-bond acceptors (Lipinski definition) is 3. The molecule has 1 N–H and O–H groups in total. The third-order valence-corrected chi connectivity index (χ3v) is 2.28. The van der Waals surface area contributed by atoms with E-state index in [1.807, 2.05) is 33.0 Å². The number of nitrogens with zero attached hydrogens (tertiary/aromatic N) is 1. The Balaban J connectivity index is 2.61. The predicted molar refractivity (Wildman–Crippen MR) is 62.1 cm³/mol. The Morgan fingerprint density at radius 3 is 2.67 bits per heavy atom. The summed E-state index contributed by atoms with van der Waals surface area (Å²) in [5, 5.41) is 3.81. The van der Waals surface area contributed by atoms with E-state index in [0.717, 1.165) is 5.69 Å². The average Bonchev–Trinajstić information content (AvgIpc) is 2.21. The van der Waals surface area contributed by atoms with Gasteiger partial charge < -0.3 is 10.1 Å². The van der Waals surface area contributed by atoms with Gasteiger partial charge in [0.1, 0.15) is 0 Å². The SMILES string of the molecule is CNC(COC(C)C)c1ccc(Cl)cn1. The van der Waals surface area contributed by atoms with Crippen LogP contribution >= 0.6 is 11.6 Å². The quantitative estimate of drug-likeness (QED) is 0.841. The third-order valence-electron chi connectivity index (χ3n) is 2.05. The standard InChI is InChI=1S/C11H17ClN2O/c1-8(2)15-7-11(13-3)10-5-4-9(12)6-14-10/h4-6,8,11,13H,7H2,1-3H3. The minimum Gasteiger partial charge on any atom is -0.377 e. The normalized spacial score (nSPS) is 13.1. The van der Waals surface area contributed by atoms with Crippen LogP contribution in [-0.2, 0) is 4.74 Å². The Morgan fingerprint density at radius 1 is 1.47 bits per heavy atom. The fraction of sp³-hybridized carbons (Fsp3) is 0.545. The van der Waals surface area contributed by atoms with Gasteiger partial charge in [0.2, 0.25) is 0 Å². The number of aromatic nitrogens is 1. The maximum Gasteiger partial charge on any atom is 0.0730 e. The molecule has 0 radical (unpaired) electrons. The first-order valence-electron chi connectivity index (χ1n) is 5.03. The number of ether oxygens (including phenoxy) is 1. The molecule has 1 heterocycles. The van der Waals surface area contributed by atoms with Crippen LogP contribution in [0.3, 0.4) is 0 Å². The van der Waals surface area contributed by atoms with Crippen molar-refractivity contribution < 1.29 is 4.74 Å². The van der Waals surface area contributed by atoms with Gasteiger partial charge in [0.05, 0.1) is 29.5 Å². The van der Waals surface area contributed by atoms with Crippen LogP contribution in [0.25, 0.3) is 0 Å². The second-order valence-electron chi connectivity index (χ2n) is 3.62. The van der Waals surface area contributed by atoms with Crippen molar-refractivity contribution >= 4 is 11.6 Å². The van der Waals surface area contributed by atoms with Gasteiger partial charge in [-0.2, -0.15) is 0 Å². The Hall–Kier alpha value is -0.640. The van der Waals surface area contributed by atoms with Crippen molar-refractivity contribution in [2.75, 3.05) is 13.7 Å². The molecule has 1 aromatic heterocycles. The van der Waals surface area contributed by atoms with Gasteiger partial charge in [-0.15, -0.1) is 0 Å². The minimum absolute atomic E-state index is 0.115. The van der Waals surface area contributed by atoms with Crippen LogP contribution < -0.4 is 5.32 Å². The van der Waals surface area contributed by atoms with Crippen molar-refractivity contribution in [2.24, 2.45) is 0 Å². The molecular weight excluding hydrogens is 212 g/mol. The first kappa shape index (κ1) is 12.4. The van der Waals surface area contributed by atoms with Crippen LogP contribution in [0.5, 0.6) is 0 Å². The molecule has 3 nitrogen and oxygen atoms in total. The second kappa shape index (κ2) is 6.05. The molecule has 0 aliphatic carbocycles. The third kappa shape index (κ3) is 4.16. The molecule has 15 heavy (non-hydrogen) atoms. The van der Waals surface area contributed by atoms with Crippen molar-refractivity contribution in [2.45, 2.75) is 26.0 Å². The highest BCUT2D eigenvalue weighted by Gasteiger charge is 2.11. The van der Waals surface area contributed by atoms with E-state index in [1.54, 1.807) is 6.20 Å². The molecule has 0 fully saturated rings. The van der Waals surface area contributed by atoms with Crippen LogP contribution in [0.2, 0.25) is 5.02 Å². The lowest BCUT2D eigenvalue weighted by molar-refractivity contribution is 0.0618. The smallest absolute Gasteiger partial charge is 0.0730 e.